The van der Waals surface area contributed by atoms with Gasteiger partial charge in [0.2, 0.25) is 11.8 Å². The van der Waals surface area contributed by atoms with E-state index in [2.05, 4.69) is 43.6 Å². The molecule has 0 unspecified atom stereocenters. The Hall–Kier alpha value is -1.21. The van der Waals surface area contributed by atoms with Crippen LogP contribution in [0.15, 0.2) is 0 Å². The number of hydrogen-bond acceptors (Lipinski definition) is 4. The molecule has 1 saturated heterocycles. The average molecular weight is 439 g/mol. The first-order valence-corrected chi connectivity index (χ1v) is 12.1. The molecule has 1 saturated carbocycles. The molecule has 2 aliphatic rings. The van der Waals surface area contributed by atoms with E-state index >= 15 is 0 Å². The summed E-state index contributed by atoms with van der Waals surface area (Å²) >= 11 is 5.39. The molecule has 0 radical (unpaired) electrons. The van der Waals surface area contributed by atoms with Crippen LogP contribution in [-0.4, -0.2) is 60.5 Å². The zero-order valence-corrected chi connectivity index (χ0v) is 20.4. The quantitative estimate of drug-likeness (QED) is 0.458. The van der Waals surface area contributed by atoms with Crippen LogP contribution in [0, 0.1) is 17.3 Å². The Morgan fingerprint density at radius 3 is 2.53 bits per heavy atom. The predicted octanol–water partition coefficient (Wildman–Crippen LogP) is 2.86. The molecule has 172 valence electrons. The van der Waals surface area contributed by atoms with Crippen molar-refractivity contribution < 1.29 is 9.59 Å². The van der Waals surface area contributed by atoms with Crippen LogP contribution in [-0.2, 0) is 9.59 Å². The Morgan fingerprint density at radius 2 is 1.93 bits per heavy atom. The Balaban J connectivity index is 1.88. The maximum atomic E-state index is 13.4. The molecule has 3 N–H and O–H groups in total. The van der Waals surface area contributed by atoms with Gasteiger partial charge in [0.1, 0.15) is 6.04 Å². The lowest BCUT2D eigenvalue weighted by Crippen LogP contribution is -2.57. The second-order valence-corrected chi connectivity index (χ2v) is 10.6. The Bertz CT molecular complexity index is 599. The van der Waals surface area contributed by atoms with Crippen molar-refractivity contribution in [3.05, 3.63) is 0 Å². The molecule has 7 heteroatoms. The molecule has 0 aromatic rings. The highest BCUT2D eigenvalue weighted by Crippen LogP contribution is 2.37. The third-order valence-electron chi connectivity index (χ3n) is 6.50. The number of carbonyl (C=O) groups excluding carboxylic acids is 2. The number of carbonyl (C=O) groups is 2. The van der Waals surface area contributed by atoms with Crippen LogP contribution in [0.2, 0.25) is 0 Å². The topological polar surface area (TPSA) is 73.5 Å². The number of hydrogen-bond donors (Lipinski definition) is 3. The van der Waals surface area contributed by atoms with Crippen LogP contribution in [0.25, 0.3) is 0 Å². The van der Waals surface area contributed by atoms with Crippen molar-refractivity contribution in [3.8, 4) is 0 Å². The van der Waals surface area contributed by atoms with E-state index < -0.39 is 0 Å². The molecule has 30 heavy (non-hydrogen) atoms. The zero-order valence-electron chi connectivity index (χ0n) is 19.6. The third-order valence-corrected chi connectivity index (χ3v) is 6.76. The van der Waals surface area contributed by atoms with E-state index in [0.717, 1.165) is 38.1 Å². The van der Waals surface area contributed by atoms with Gasteiger partial charge in [-0.1, -0.05) is 59.2 Å². The maximum Gasteiger partial charge on any atom is 0.245 e. The standard InChI is InChI=1S/C23H42N4O2S/c1-6-7-9-16-12-17(13-16)21(28)25-14-18-10-8-11-27(18)22(29)20(23(2,3)4)26-19(30)15-24-5/h16-18,20,24H,6-15H2,1-5H3,(H,25,28)(H,26,30)/t16?,17?,18-,20-/m1/s1. The number of nitrogens with zero attached hydrogens (tertiary/aromatic N) is 1. The van der Waals surface area contributed by atoms with E-state index in [-0.39, 0.29) is 35.2 Å². The lowest BCUT2D eigenvalue weighted by atomic mass is 9.72. The van der Waals surface area contributed by atoms with Crippen LogP contribution in [0.3, 0.4) is 0 Å². The molecule has 2 rings (SSSR count). The number of rotatable bonds is 10. The van der Waals surface area contributed by atoms with E-state index in [1.54, 1.807) is 0 Å². The monoisotopic (exact) mass is 438 g/mol. The van der Waals surface area contributed by atoms with Crippen molar-refractivity contribution in [1.29, 1.82) is 0 Å². The lowest BCUT2D eigenvalue weighted by Gasteiger charge is -2.37. The van der Waals surface area contributed by atoms with Crippen LogP contribution >= 0.6 is 12.2 Å². The summed E-state index contributed by atoms with van der Waals surface area (Å²) in [6, 6.07) is -0.303. The number of unbranched alkanes of at least 4 members (excludes halogenated alkanes) is 1. The lowest BCUT2D eigenvalue weighted by molar-refractivity contribution is -0.137. The van der Waals surface area contributed by atoms with Gasteiger partial charge in [-0.3, -0.25) is 9.59 Å². The van der Waals surface area contributed by atoms with Crippen LogP contribution in [0.5, 0.6) is 0 Å². The molecule has 2 amide bonds. The molecule has 0 aromatic carbocycles. The first-order valence-electron chi connectivity index (χ1n) is 11.7. The molecule has 6 nitrogen and oxygen atoms in total. The minimum atomic E-state index is -0.374. The van der Waals surface area contributed by atoms with Crippen molar-refractivity contribution in [3.63, 3.8) is 0 Å². The normalized spacial score (nSPS) is 24.8. The second-order valence-electron chi connectivity index (χ2n) is 10.1. The Morgan fingerprint density at radius 1 is 1.23 bits per heavy atom. The summed E-state index contributed by atoms with van der Waals surface area (Å²) in [4.78, 5) is 28.5. The first-order chi connectivity index (χ1) is 14.2. The fourth-order valence-corrected chi connectivity index (χ4v) is 4.83. The summed E-state index contributed by atoms with van der Waals surface area (Å²) in [7, 11) is 1.84. The molecule has 2 atom stereocenters. The smallest absolute Gasteiger partial charge is 0.245 e. The van der Waals surface area contributed by atoms with E-state index in [0.29, 0.717) is 18.1 Å². The van der Waals surface area contributed by atoms with Crippen LogP contribution < -0.4 is 16.0 Å². The van der Waals surface area contributed by atoms with Crippen molar-refractivity contribution in [2.75, 3.05) is 26.7 Å². The summed E-state index contributed by atoms with van der Waals surface area (Å²) < 4.78 is 0. The fourth-order valence-electron chi connectivity index (χ4n) is 4.57. The highest BCUT2D eigenvalue weighted by atomic mass is 32.1. The average Bonchev–Trinajstić information content (AvgIpc) is 3.10. The van der Waals surface area contributed by atoms with Gasteiger partial charge in [-0.25, -0.2) is 0 Å². The fraction of sp³-hybridized carbons (Fsp3) is 0.870. The summed E-state index contributed by atoms with van der Waals surface area (Å²) in [5, 5.41) is 9.44. The molecule has 1 aliphatic carbocycles. The van der Waals surface area contributed by atoms with Gasteiger partial charge >= 0.3 is 0 Å². The SMILES string of the molecule is CCCCC1CC(C(=O)NC[C@H]2CCCN2C(=O)[C@@H](NC(=S)CNC)C(C)(C)C)C1. The summed E-state index contributed by atoms with van der Waals surface area (Å²) in [5.41, 5.74) is -0.259. The van der Waals surface area contributed by atoms with Crippen molar-refractivity contribution in [1.82, 2.24) is 20.9 Å². The molecule has 1 aliphatic heterocycles. The number of nitrogens with one attached hydrogen (secondary N) is 3. The number of likely N-dealkylation sites (N-methyl/N-ethyl adjacent to an activating group) is 1. The molecule has 1 heterocycles. The molecule has 2 fully saturated rings. The minimum Gasteiger partial charge on any atom is -0.367 e. The van der Waals surface area contributed by atoms with Gasteiger partial charge in [0.05, 0.1) is 4.99 Å². The molecular weight excluding hydrogens is 396 g/mol. The van der Waals surface area contributed by atoms with Gasteiger partial charge < -0.3 is 20.9 Å². The van der Waals surface area contributed by atoms with Gasteiger partial charge in [-0.15, -0.1) is 0 Å². The molecular formula is C23H42N4O2S. The summed E-state index contributed by atoms with van der Waals surface area (Å²) in [6.07, 6.45) is 7.71. The number of likely N-dealkylation sites (tertiary alicyclic amines) is 1. The summed E-state index contributed by atoms with van der Waals surface area (Å²) in [6.45, 7) is 10.2. The molecule has 0 aromatic heterocycles. The number of thiocarbonyl (C=S) groups is 1. The largest absolute Gasteiger partial charge is 0.367 e. The third kappa shape index (κ3) is 6.91. The first kappa shape index (κ1) is 25.1. The zero-order chi connectivity index (χ0) is 22.3. The molecule has 0 spiro atoms. The Kier molecular flexibility index (Phi) is 9.54. The highest BCUT2D eigenvalue weighted by Gasteiger charge is 2.40. The minimum absolute atomic E-state index is 0.0712. The molecule has 0 bridgehead atoms. The van der Waals surface area contributed by atoms with E-state index in [1.165, 1.54) is 19.3 Å². The van der Waals surface area contributed by atoms with Crippen LogP contribution in [0.1, 0.15) is 72.6 Å². The highest BCUT2D eigenvalue weighted by molar-refractivity contribution is 7.80. The second kappa shape index (κ2) is 11.4. The number of amides is 2. The van der Waals surface area contributed by atoms with Gasteiger partial charge in [-0.2, -0.15) is 0 Å². The van der Waals surface area contributed by atoms with E-state index in [4.69, 9.17) is 12.2 Å². The van der Waals surface area contributed by atoms with Crippen molar-refractivity contribution in [2.24, 2.45) is 17.3 Å². The Labute approximate surface area is 188 Å². The predicted molar refractivity (Wildman–Crippen MR) is 126 cm³/mol. The maximum absolute atomic E-state index is 13.4. The van der Waals surface area contributed by atoms with Gasteiger partial charge in [-0.05, 0) is 44.1 Å². The van der Waals surface area contributed by atoms with Crippen molar-refractivity contribution >= 4 is 29.0 Å². The van der Waals surface area contributed by atoms with Gasteiger partial charge in [0.25, 0.3) is 0 Å². The van der Waals surface area contributed by atoms with Gasteiger partial charge in [0, 0.05) is 31.6 Å². The van der Waals surface area contributed by atoms with E-state index in [9.17, 15) is 9.59 Å². The van der Waals surface area contributed by atoms with Crippen LogP contribution in [0.4, 0.5) is 0 Å². The van der Waals surface area contributed by atoms with E-state index in [1.807, 2.05) is 11.9 Å². The van der Waals surface area contributed by atoms with Crippen molar-refractivity contribution in [2.45, 2.75) is 84.7 Å². The summed E-state index contributed by atoms with van der Waals surface area (Å²) in [5.74, 6) is 1.15. The van der Waals surface area contributed by atoms with Gasteiger partial charge in [0.15, 0.2) is 0 Å².